The molecule has 0 aromatic heterocycles. The molecular weight excluding hydrogens is 402 g/mol. The number of nitrogens with one attached hydrogen (secondary N) is 2. The Morgan fingerprint density at radius 2 is 1.48 bits per heavy atom. The van der Waals surface area contributed by atoms with E-state index in [-0.39, 0.29) is 36.4 Å². The average Bonchev–Trinajstić information content (AvgIpc) is 2.74. The Morgan fingerprint density at radius 1 is 0.871 bits per heavy atom. The van der Waals surface area contributed by atoms with Gasteiger partial charge in [0.15, 0.2) is 0 Å². The number of para-hydroxylation sites is 2. The van der Waals surface area contributed by atoms with Gasteiger partial charge in [0.1, 0.15) is 6.04 Å². The van der Waals surface area contributed by atoms with Crippen LogP contribution in [0, 0.1) is 0 Å². The zero-order valence-corrected chi connectivity index (χ0v) is 17.3. The molecule has 1 unspecified atom stereocenters. The zero-order chi connectivity index (χ0) is 22.8. The maximum atomic E-state index is 12.9. The minimum Gasteiger partial charge on any atom is -0.466 e. The first-order chi connectivity index (χ1) is 14.9. The molecule has 0 heterocycles. The van der Waals surface area contributed by atoms with E-state index < -0.39 is 29.8 Å². The molecule has 0 aliphatic rings. The number of hydrogen-bond donors (Lipinski definition) is 3. The molecule has 9 heteroatoms. The van der Waals surface area contributed by atoms with Crippen LogP contribution in [0.1, 0.15) is 41.0 Å². The lowest BCUT2D eigenvalue weighted by atomic mass is 10.1. The summed E-state index contributed by atoms with van der Waals surface area (Å²) in [6, 6.07) is 11.5. The molecule has 164 valence electrons. The van der Waals surface area contributed by atoms with Crippen molar-refractivity contribution in [3.63, 3.8) is 0 Å². The van der Waals surface area contributed by atoms with Crippen LogP contribution in [0.5, 0.6) is 0 Å². The van der Waals surface area contributed by atoms with Gasteiger partial charge in [0, 0.05) is 5.69 Å². The van der Waals surface area contributed by atoms with Crippen molar-refractivity contribution in [1.29, 1.82) is 0 Å². The molecule has 0 aliphatic heterocycles. The molecule has 0 fully saturated rings. The summed E-state index contributed by atoms with van der Waals surface area (Å²) in [6.45, 7) is 3.47. The van der Waals surface area contributed by atoms with Gasteiger partial charge in [0.25, 0.3) is 11.8 Å². The van der Waals surface area contributed by atoms with Crippen LogP contribution in [-0.2, 0) is 19.1 Å². The third kappa shape index (κ3) is 6.56. The van der Waals surface area contributed by atoms with Gasteiger partial charge in [-0.1, -0.05) is 24.3 Å². The molecule has 2 amide bonds. The monoisotopic (exact) mass is 427 g/mol. The van der Waals surface area contributed by atoms with E-state index >= 15 is 0 Å². The zero-order valence-electron chi connectivity index (χ0n) is 17.3. The van der Waals surface area contributed by atoms with Crippen LogP contribution < -0.4 is 16.4 Å². The maximum Gasteiger partial charge on any atom is 0.329 e. The smallest absolute Gasteiger partial charge is 0.329 e. The van der Waals surface area contributed by atoms with E-state index in [2.05, 4.69) is 10.6 Å². The fourth-order valence-corrected chi connectivity index (χ4v) is 2.74. The molecule has 2 rings (SSSR count). The van der Waals surface area contributed by atoms with Crippen molar-refractivity contribution in [1.82, 2.24) is 5.32 Å². The number of esters is 2. The Hall–Kier alpha value is -3.88. The Morgan fingerprint density at radius 3 is 2.13 bits per heavy atom. The highest BCUT2D eigenvalue weighted by molar-refractivity contribution is 6.11. The summed E-state index contributed by atoms with van der Waals surface area (Å²) < 4.78 is 9.80. The van der Waals surface area contributed by atoms with Gasteiger partial charge in [-0.15, -0.1) is 0 Å². The molecule has 4 N–H and O–H groups in total. The summed E-state index contributed by atoms with van der Waals surface area (Å²) in [6.07, 6.45) is -0.381. The van der Waals surface area contributed by atoms with Crippen LogP contribution in [0.2, 0.25) is 0 Å². The van der Waals surface area contributed by atoms with Gasteiger partial charge in [-0.3, -0.25) is 14.4 Å². The number of hydrogen-bond acceptors (Lipinski definition) is 7. The Balaban J connectivity index is 2.22. The van der Waals surface area contributed by atoms with Crippen molar-refractivity contribution < 1.29 is 28.7 Å². The summed E-state index contributed by atoms with van der Waals surface area (Å²) in [5.74, 6) is -2.57. The van der Waals surface area contributed by atoms with E-state index in [0.29, 0.717) is 5.69 Å². The van der Waals surface area contributed by atoms with E-state index in [4.69, 9.17) is 15.2 Å². The van der Waals surface area contributed by atoms with Crippen molar-refractivity contribution in [3.8, 4) is 0 Å². The first-order valence-corrected chi connectivity index (χ1v) is 9.75. The predicted octanol–water partition coefficient (Wildman–Crippen LogP) is 2.14. The number of nitrogen functional groups attached to an aromatic ring is 1. The molecule has 0 radical (unpaired) electrons. The molecule has 0 bridgehead atoms. The van der Waals surface area contributed by atoms with Crippen LogP contribution >= 0.6 is 0 Å². The molecule has 1 atom stereocenters. The molecule has 0 aliphatic carbocycles. The minimum absolute atomic E-state index is 0.0825. The van der Waals surface area contributed by atoms with Gasteiger partial charge in [-0.05, 0) is 38.1 Å². The van der Waals surface area contributed by atoms with Gasteiger partial charge in [-0.2, -0.15) is 0 Å². The minimum atomic E-state index is -1.24. The van der Waals surface area contributed by atoms with E-state index in [1.807, 2.05) is 0 Å². The highest BCUT2D eigenvalue weighted by Crippen LogP contribution is 2.19. The van der Waals surface area contributed by atoms with E-state index in [1.165, 1.54) is 12.1 Å². The summed E-state index contributed by atoms with van der Waals surface area (Å²) in [5, 5.41) is 5.13. The number of nitrogens with two attached hydrogens (primary N) is 1. The van der Waals surface area contributed by atoms with Crippen molar-refractivity contribution >= 4 is 35.1 Å². The fraction of sp³-hybridized carbons (Fsp3) is 0.273. The lowest BCUT2D eigenvalue weighted by Gasteiger charge is -2.18. The number of ether oxygens (including phenoxy) is 2. The predicted molar refractivity (Wildman–Crippen MR) is 114 cm³/mol. The number of benzene rings is 2. The Labute approximate surface area is 179 Å². The molecular formula is C22H25N3O6. The standard InChI is InChI=1S/C22H25N3O6/c1-3-30-19(26)13-18(22(29)31-4-2)25-21(28)15-10-6-8-12-17(15)24-20(27)14-9-5-7-11-16(14)23/h5-12,18H,3-4,13,23H2,1-2H3,(H,24,27)(H,25,28). The van der Waals surface area contributed by atoms with Crippen molar-refractivity contribution in [3.05, 3.63) is 59.7 Å². The molecule has 0 saturated carbocycles. The quantitative estimate of drug-likeness (QED) is 0.412. The molecule has 0 saturated heterocycles. The number of anilines is 2. The third-order valence-electron chi connectivity index (χ3n) is 4.18. The normalized spacial score (nSPS) is 11.2. The van der Waals surface area contributed by atoms with Crippen LogP contribution in [0.25, 0.3) is 0 Å². The van der Waals surface area contributed by atoms with Crippen LogP contribution in [0.4, 0.5) is 11.4 Å². The topological polar surface area (TPSA) is 137 Å². The first-order valence-electron chi connectivity index (χ1n) is 9.75. The van der Waals surface area contributed by atoms with Gasteiger partial charge in [0.2, 0.25) is 0 Å². The SMILES string of the molecule is CCOC(=O)CC(NC(=O)c1ccccc1NC(=O)c1ccccc1N)C(=O)OCC. The summed E-state index contributed by atoms with van der Waals surface area (Å²) in [5.41, 5.74) is 6.70. The fourth-order valence-electron chi connectivity index (χ4n) is 2.74. The third-order valence-corrected chi connectivity index (χ3v) is 4.18. The second-order valence-corrected chi connectivity index (χ2v) is 6.37. The largest absolute Gasteiger partial charge is 0.466 e. The molecule has 0 spiro atoms. The number of rotatable bonds is 9. The van der Waals surface area contributed by atoms with Crippen molar-refractivity contribution in [2.45, 2.75) is 26.3 Å². The van der Waals surface area contributed by atoms with E-state index in [0.717, 1.165) is 0 Å². The van der Waals surface area contributed by atoms with E-state index in [1.54, 1.807) is 50.2 Å². The lowest BCUT2D eigenvalue weighted by molar-refractivity contribution is -0.152. The van der Waals surface area contributed by atoms with Gasteiger partial charge in [-0.25, -0.2) is 4.79 Å². The van der Waals surface area contributed by atoms with Crippen molar-refractivity contribution in [2.75, 3.05) is 24.3 Å². The molecule has 2 aromatic rings. The highest BCUT2D eigenvalue weighted by Gasteiger charge is 2.27. The molecule has 2 aromatic carbocycles. The van der Waals surface area contributed by atoms with E-state index in [9.17, 15) is 19.2 Å². The summed E-state index contributed by atoms with van der Waals surface area (Å²) in [4.78, 5) is 49.5. The number of amides is 2. The Kier molecular flexibility index (Phi) is 8.56. The first kappa shape index (κ1) is 23.4. The summed E-state index contributed by atoms with van der Waals surface area (Å²) in [7, 11) is 0. The average molecular weight is 427 g/mol. The van der Waals surface area contributed by atoms with Gasteiger partial charge in [0.05, 0.1) is 36.4 Å². The van der Waals surface area contributed by atoms with Crippen LogP contribution in [0.15, 0.2) is 48.5 Å². The maximum absolute atomic E-state index is 12.9. The highest BCUT2D eigenvalue weighted by atomic mass is 16.5. The van der Waals surface area contributed by atoms with Crippen LogP contribution in [0.3, 0.4) is 0 Å². The van der Waals surface area contributed by atoms with Crippen molar-refractivity contribution in [2.24, 2.45) is 0 Å². The second kappa shape index (κ2) is 11.3. The molecule has 31 heavy (non-hydrogen) atoms. The lowest BCUT2D eigenvalue weighted by Crippen LogP contribution is -2.43. The Bertz CT molecular complexity index is 960. The molecule has 9 nitrogen and oxygen atoms in total. The number of carbonyl (C=O) groups excluding carboxylic acids is 4. The summed E-state index contributed by atoms with van der Waals surface area (Å²) >= 11 is 0. The van der Waals surface area contributed by atoms with Crippen LogP contribution in [-0.4, -0.2) is 43.0 Å². The second-order valence-electron chi connectivity index (χ2n) is 6.37. The van der Waals surface area contributed by atoms with Gasteiger partial charge < -0.3 is 25.8 Å². The number of carbonyl (C=O) groups is 4. The van der Waals surface area contributed by atoms with Gasteiger partial charge >= 0.3 is 11.9 Å².